The normalized spacial score (nSPS) is 27.9. The summed E-state index contributed by atoms with van der Waals surface area (Å²) >= 11 is 0. The van der Waals surface area contributed by atoms with Gasteiger partial charge in [0.15, 0.2) is 0 Å². The van der Waals surface area contributed by atoms with Gasteiger partial charge < -0.3 is 14.8 Å². The lowest BCUT2D eigenvalue weighted by atomic mass is 10.1. The van der Waals surface area contributed by atoms with Crippen LogP contribution in [-0.4, -0.2) is 38.0 Å². The van der Waals surface area contributed by atoms with Crippen LogP contribution in [0, 0.1) is 0 Å². The minimum atomic E-state index is 0.0558. The van der Waals surface area contributed by atoms with Crippen LogP contribution in [0.1, 0.15) is 33.6 Å². The van der Waals surface area contributed by atoms with Gasteiger partial charge in [-0.1, -0.05) is 0 Å². The van der Waals surface area contributed by atoms with Gasteiger partial charge in [0, 0.05) is 6.54 Å². The van der Waals surface area contributed by atoms with E-state index in [0.29, 0.717) is 6.10 Å². The fourth-order valence-corrected chi connectivity index (χ4v) is 1.81. The fourth-order valence-electron chi connectivity index (χ4n) is 1.81. The van der Waals surface area contributed by atoms with Gasteiger partial charge in [-0.2, -0.15) is 0 Å². The van der Waals surface area contributed by atoms with Crippen molar-refractivity contribution < 1.29 is 9.47 Å². The van der Waals surface area contributed by atoms with Crippen LogP contribution >= 0.6 is 0 Å². The topological polar surface area (TPSA) is 30.5 Å². The largest absolute Gasteiger partial charge is 0.374 e. The molecule has 0 spiro atoms. The maximum absolute atomic E-state index is 5.83. The smallest absolute Gasteiger partial charge is 0.0817 e. The van der Waals surface area contributed by atoms with Crippen molar-refractivity contribution in [2.45, 2.75) is 51.4 Å². The quantitative estimate of drug-likeness (QED) is 0.732. The average Bonchev–Trinajstić information content (AvgIpc) is 2.43. The van der Waals surface area contributed by atoms with Gasteiger partial charge in [0.2, 0.25) is 0 Å². The summed E-state index contributed by atoms with van der Waals surface area (Å²) in [5.41, 5.74) is 0.0558. The van der Waals surface area contributed by atoms with E-state index >= 15 is 0 Å². The van der Waals surface area contributed by atoms with Crippen molar-refractivity contribution in [3.05, 3.63) is 0 Å². The third-order valence-corrected chi connectivity index (χ3v) is 2.61. The highest BCUT2D eigenvalue weighted by Crippen LogP contribution is 2.29. The standard InChI is InChI=1S/C11H23NO2/c1-9(7-12-4)13-8-10-5-6-11(2,3)14-10/h9-10,12H,5-8H2,1-4H3. The zero-order valence-electron chi connectivity index (χ0n) is 9.80. The van der Waals surface area contributed by atoms with Crippen molar-refractivity contribution >= 4 is 0 Å². The molecule has 1 heterocycles. The van der Waals surface area contributed by atoms with Crippen molar-refractivity contribution in [2.24, 2.45) is 0 Å². The second kappa shape index (κ2) is 5.10. The monoisotopic (exact) mass is 201 g/mol. The van der Waals surface area contributed by atoms with Gasteiger partial charge in [0.05, 0.1) is 24.4 Å². The Morgan fingerprint density at radius 1 is 1.57 bits per heavy atom. The van der Waals surface area contributed by atoms with E-state index in [1.54, 1.807) is 0 Å². The molecule has 0 amide bonds. The summed E-state index contributed by atoms with van der Waals surface area (Å²) in [5.74, 6) is 0. The SMILES string of the molecule is CNCC(C)OCC1CCC(C)(C)O1. The molecule has 0 bridgehead atoms. The first-order valence-electron chi connectivity index (χ1n) is 5.47. The van der Waals surface area contributed by atoms with E-state index in [2.05, 4.69) is 26.1 Å². The van der Waals surface area contributed by atoms with Crippen LogP contribution in [0.15, 0.2) is 0 Å². The van der Waals surface area contributed by atoms with E-state index in [1.807, 2.05) is 7.05 Å². The van der Waals surface area contributed by atoms with Crippen LogP contribution in [0.5, 0.6) is 0 Å². The summed E-state index contributed by atoms with van der Waals surface area (Å²) in [6.45, 7) is 7.99. The predicted octanol–water partition coefficient (Wildman–Crippen LogP) is 1.57. The van der Waals surface area contributed by atoms with Crippen LogP contribution in [0.2, 0.25) is 0 Å². The first kappa shape index (κ1) is 12.0. The van der Waals surface area contributed by atoms with Gasteiger partial charge in [0.1, 0.15) is 0 Å². The number of likely N-dealkylation sites (N-methyl/N-ethyl adjacent to an activating group) is 1. The van der Waals surface area contributed by atoms with Gasteiger partial charge in [-0.05, 0) is 40.7 Å². The first-order chi connectivity index (χ1) is 6.53. The van der Waals surface area contributed by atoms with Crippen LogP contribution in [0.3, 0.4) is 0 Å². The second-order valence-corrected chi connectivity index (χ2v) is 4.74. The minimum absolute atomic E-state index is 0.0558. The predicted molar refractivity (Wildman–Crippen MR) is 57.5 cm³/mol. The third kappa shape index (κ3) is 3.95. The lowest BCUT2D eigenvalue weighted by molar-refractivity contribution is -0.0663. The van der Waals surface area contributed by atoms with E-state index in [-0.39, 0.29) is 11.7 Å². The Morgan fingerprint density at radius 2 is 2.29 bits per heavy atom. The zero-order valence-corrected chi connectivity index (χ0v) is 9.80. The lowest BCUT2D eigenvalue weighted by Gasteiger charge is -2.20. The molecule has 0 radical (unpaired) electrons. The Balaban J connectivity index is 2.14. The molecule has 1 N–H and O–H groups in total. The zero-order chi connectivity index (χ0) is 10.6. The Bertz CT molecular complexity index is 171. The highest BCUT2D eigenvalue weighted by molar-refractivity contribution is 4.80. The maximum atomic E-state index is 5.83. The molecular weight excluding hydrogens is 178 g/mol. The van der Waals surface area contributed by atoms with Crippen molar-refractivity contribution in [3.8, 4) is 0 Å². The number of ether oxygens (including phenoxy) is 2. The average molecular weight is 201 g/mol. The van der Waals surface area contributed by atoms with Crippen molar-refractivity contribution in [1.82, 2.24) is 5.32 Å². The van der Waals surface area contributed by atoms with Crippen LogP contribution < -0.4 is 5.32 Å². The lowest BCUT2D eigenvalue weighted by Crippen LogP contribution is -2.28. The van der Waals surface area contributed by atoms with Gasteiger partial charge in [0.25, 0.3) is 0 Å². The molecule has 3 heteroatoms. The molecule has 1 fully saturated rings. The molecular formula is C11H23NO2. The molecule has 0 saturated carbocycles. The van der Waals surface area contributed by atoms with Crippen LogP contribution in [0.25, 0.3) is 0 Å². The molecule has 2 unspecified atom stereocenters. The Morgan fingerprint density at radius 3 is 2.79 bits per heavy atom. The minimum Gasteiger partial charge on any atom is -0.374 e. The molecule has 1 rings (SSSR count). The van der Waals surface area contributed by atoms with Crippen molar-refractivity contribution in [2.75, 3.05) is 20.2 Å². The number of nitrogens with one attached hydrogen (secondary N) is 1. The number of rotatable bonds is 5. The number of hydrogen-bond donors (Lipinski definition) is 1. The van der Waals surface area contributed by atoms with Crippen molar-refractivity contribution in [3.63, 3.8) is 0 Å². The second-order valence-electron chi connectivity index (χ2n) is 4.74. The molecule has 84 valence electrons. The number of hydrogen-bond acceptors (Lipinski definition) is 3. The Hall–Kier alpha value is -0.120. The molecule has 1 aliphatic rings. The Labute approximate surface area is 87.2 Å². The summed E-state index contributed by atoms with van der Waals surface area (Å²) in [6, 6.07) is 0. The summed E-state index contributed by atoms with van der Waals surface area (Å²) in [5, 5.41) is 3.09. The van der Waals surface area contributed by atoms with E-state index in [4.69, 9.17) is 9.47 Å². The summed E-state index contributed by atoms with van der Waals surface area (Å²) < 4.78 is 11.5. The fraction of sp³-hybridized carbons (Fsp3) is 1.00. The van der Waals surface area contributed by atoms with Gasteiger partial charge >= 0.3 is 0 Å². The van der Waals surface area contributed by atoms with E-state index in [9.17, 15) is 0 Å². The summed E-state index contributed by atoms with van der Waals surface area (Å²) in [6.07, 6.45) is 2.83. The van der Waals surface area contributed by atoms with Gasteiger partial charge in [-0.3, -0.25) is 0 Å². The molecule has 1 saturated heterocycles. The highest BCUT2D eigenvalue weighted by atomic mass is 16.6. The van der Waals surface area contributed by atoms with Crippen LogP contribution in [0.4, 0.5) is 0 Å². The molecule has 0 aliphatic carbocycles. The highest BCUT2D eigenvalue weighted by Gasteiger charge is 2.31. The summed E-state index contributed by atoms with van der Waals surface area (Å²) in [7, 11) is 1.94. The van der Waals surface area contributed by atoms with Crippen LogP contribution in [-0.2, 0) is 9.47 Å². The molecule has 0 aromatic carbocycles. The van der Waals surface area contributed by atoms with Gasteiger partial charge in [-0.15, -0.1) is 0 Å². The molecule has 2 atom stereocenters. The molecule has 1 aliphatic heterocycles. The third-order valence-electron chi connectivity index (χ3n) is 2.61. The molecule has 0 aromatic heterocycles. The molecule has 3 nitrogen and oxygen atoms in total. The molecule has 14 heavy (non-hydrogen) atoms. The van der Waals surface area contributed by atoms with Crippen molar-refractivity contribution in [1.29, 1.82) is 0 Å². The van der Waals surface area contributed by atoms with E-state index in [0.717, 1.165) is 26.0 Å². The van der Waals surface area contributed by atoms with Gasteiger partial charge in [-0.25, -0.2) is 0 Å². The molecule has 0 aromatic rings. The van der Waals surface area contributed by atoms with E-state index in [1.165, 1.54) is 0 Å². The summed E-state index contributed by atoms with van der Waals surface area (Å²) in [4.78, 5) is 0. The Kier molecular flexibility index (Phi) is 4.35. The maximum Gasteiger partial charge on any atom is 0.0817 e. The first-order valence-corrected chi connectivity index (χ1v) is 5.47. The van der Waals surface area contributed by atoms with E-state index < -0.39 is 0 Å².